The molecule has 0 spiro atoms. The molecule has 2 amide bonds. The second-order valence-corrected chi connectivity index (χ2v) is 7.81. The molecule has 31 heavy (non-hydrogen) atoms. The van der Waals surface area contributed by atoms with E-state index in [2.05, 4.69) is 5.32 Å². The van der Waals surface area contributed by atoms with Crippen LogP contribution in [-0.4, -0.2) is 42.6 Å². The first kappa shape index (κ1) is 22.5. The van der Waals surface area contributed by atoms with E-state index in [0.29, 0.717) is 25.3 Å². The largest absolute Gasteiger partial charge is 0.417 e. The molecule has 0 bridgehead atoms. The van der Waals surface area contributed by atoms with Crippen LogP contribution in [-0.2, 0) is 12.6 Å². The van der Waals surface area contributed by atoms with Gasteiger partial charge in [-0.3, -0.25) is 0 Å². The Kier molecular flexibility index (Phi) is 6.74. The highest BCUT2D eigenvalue weighted by molar-refractivity contribution is 5.75. The summed E-state index contributed by atoms with van der Waals surface area (Å²) < 4.78 is 40.0. The minimum absolute atomic E-state index is 0.175. The number of halogens is 3. The van der Waals surface area contributed by atoms with Gasteiger partial charge in [-0.25, -0.2) is 4.79 Å². The van der Waals surface area contributed by atoms with Crippen molar-refractivity contribution in [1.29, 1.82) is 5.26 Å². The molecule has 2 aromatic carbocycles. The van der Waals surface area contributed by atoms with E-state index in [4.69, 9.17) is 5.26 Å². The number of nitrogens with one attached hydrogen (secondary N) is 1. The number of alkyl halides is 3. The van der Waals surface area contributed by atoms with E-state index in [1.54, 1.807) is 11.0 Å². The Morgan fingerprint density at radius 3 is 2.48 bits per heavy atom. The minimum atomic E-state index is -4.60. The summed E-state index contributed by atoms with van der Waals surface area (Å²) in [6.07, 6.45) is -3.88. The Morgan fingerprint density at radius 1 is 1.13 bits per heavy atom. The van der Waals surface area contributed by atoms with Gasteiger partial charge in [0.15, 0.2) is 0 Å². The molecule has 1 aliphatic rings. The van der Waals surface area contributed by atoms with Gasteiger partial charge in [0.2, 0.25) is 0 Å². The van der Waals surface area contributed by atoms with E-state index in [0.717, 1.165) is 18.1 Å². The fourth-order valence-electron chi connectivity index (χ4n) is 3.87. The molecular weight excluding hydrogens is 405 g/mol. The predicted molar refractivity (Wildman–Crippen MR) is 113 cm³/mol. The molecule has 5 nitrogen and oxygen atoms in total. The van der Waals surface area contributed by atoms with Gasteiger partial charge in [0.1, 0.15) is 0 Å². The number of hydrogen-bond acceptors (Lipinski definition) is 3. The van der Waals surface area contributed by atoms with E-state index >= 15 is 0 Å². The van der Waals surface area contributed by atoms with Crippen LogP contribution in [0.15, 0.2) is 48.5 Å². The monoisotopic (exact) mass is 430 g/mol. The fourth-order valence-corrected chi connectivity index (χ4v) is 3.87. The Labute approximate surface area is 180 Å². The van der Waals surface area contributed by atoms with Gasteiger partial charge in [0, 0.05) is 37.4 Å². The third-order valence-corrected chi connectivity index (χ3v) is 5.54. The molecule has 0 saturated carbocycles. The molecule has 0 aliphatic carbocycles. The van der Waals surface area contributed by atoms with Crippen LogP contribution in [0, 0.1) is 11.3 Å². The van der Waals surface area contributed by atoms with Crippen molar-refractivity contribution in [2.24, 2.45) is 0 Å². The maximum absolute atomic E-state index is 13.3. The molecule has 8 heteroatoms. The van der Waals surface area contributed by atoms with Crippen molar-refractivity contribution in [3.8, 4) is 6.07 Å². The first-order valence-corrected chi connectivity index (χ1v) is 10.2. The summed E-state index contributed by atoms with van der Waals surface area (Å²) in [6, 6.07) is 14.7. The number of nitrogens with zero attached hydrogens (tertiary/aromatic N) is 3. The number of urea groups is 1. The van der Waals surface area contributed by atoms with Crippen LogP contribution in [0.25, 0.3) is 0 Å². The molecule has 1 heterocycles. The summed E-state index contributed by atoms with van der Waals surface area (Å²) in [4.78, 5) is 16.2. The van der Waals surface area contributed by atoms with Gasteiger partial charge in [0.05, 0.1) is 17.2 Å². The highest BCUT2D eigenvalue weighted by Crippen LogP contribution is 2.35. The third kappa shape index (κ3) is 5.29. The summed E-state index contributed by atoms with van der Waals surface area (Å²) in [5.41, 5.74) is 0.201. The van der Waals surface area contributed by atoms with Crippen molar-refractivity contribution in [3.63, 3.8) is 0 Å². The number of nitriles is 1. The quantitative estimate of drug-likeness (QED) is 0.781. The summed E-state index contributed by atoms with van der Waals surface area (Å²) >= 11 is 0. The molecule has 1 aliphatic heterocycles. The van der Waals surface area contributed by atoms with E-state index in [-0.39, 0.29) is 18.1 Å². The van der Waals surface area contributed by atoms with Crippen LogP contribution in [0.1, 0.15) is 30.5 Å². The zero-order valence-electron chi connectivity index (χ0n) is 17.5. The van der Waals surface area contributed by atoms with Crippen molar-refractivity contribution < 1.29 is 18.0 Å². The Bertz CT molecular complexity index is 956. The Morgan fingerprint density at radius 2 is 1.84 bits per heavy atom. The maximum atomic E-state index is 13.3. The third-order valence-electron chi connectivity index (χ3n) is 5.54. The molecule has 0 radical (unpaired) electrons. The molecular formula is C23H25F3N4O. The first-order chi connectivity index (χ1) is 14.7. The number of benzene rings is 2. The number of carbonyl (C=O) groups is 1. The number of hydrogen-bond donors (Lipinski definition) is 1. The SMILES string of the molecule is C[C@@H]1CN(c2ccc(C#N)c(C(F)(F)F)c2)[C@@H](C)CN1C(=O)NCCc1ccccc1. The maximum Gasteiger partial charge on any atom is 0.417 e. The van der Waals surface area contributed by atoms with Gasteiger partial charge in [-0.1, -0.05) is 30.3 Å². The smallest absolute Gasteiger partial charge is 0.365 e. The lowest BCUT2D eigenvalue weighted by Gasteiger charge is -2.45. The van der Waals surface area contributed by atoms with Gasteiger partial charge in [-0.15, -0.1) is 0 Å². The molecule has 0 aromatic heterocycles. The topological polar surface area (TPSA) is 59.4 Å². The molecule has 0 unspecified atom stereocenters. The van der Waals surface area contributed by atoms with Crippen LogP contribution < -0.4 is 10.2 Å². The summed E-state index contributed by atoms with van der Waals surface area (Å²) in [5, 5.41) is 11.9. The van der Waals surface area contributed by atoms with Gasteiger partial charge in [-0.2, -0.15) is 18.4 Å². The number of amides is 2. The van der Waals surface area contributed by atoms with E-state index in [1.165, 1.54) is 12.1 Å². The lowest BCUT2D eigenvalue weighted by atomic mass is 10.0. The molecule has 2 aromatic rings. The molecule has 1 saturated heterocycles. The van der Waals surface area contributed by atoms with Crippen LogP contribution in [0.3, 0.4) is 0 Å². The molecule has 3 rings (SSSR count). The fraction of sp³-hybridized carbons (Fsp3) is 0.391. The standard InChI is InChI=1S/C23H25F3N4O/c1-16-15-30(22(31)28-11-10-18-6-4-3-5-7-18)17(2)14-29(16)20-9-8-19(13-27)21(12-20)23(24,25)26/h3-9,12,16-17H,10-11,14-15H2,1-2H3,(H,28,31)/t16-,17+/m0/s1. The van der Waals surface area contributed by atoms with Crippen LogP contribution >= 0.6 is 0 Å². The van der Waals surface area contributed by atoms with Crippen molar-refractivity contribution in [1.82, 2.24) is 10.2 Å². The van der Waals surface area contributed by atoms with E-state index < -0.39 is 17.3 Å². The zero-order valence-corrected chi connectivity index (χ0v) is 17.5. The van der Waals surface area contributed by atoms with E-state index in [9.17, 15) is 18.0 Å². The van der Waals surface area contributed by atoms with Gasteiger partial charge < -0.3 is 15.1 Å². The number of piperazine rings is 1. The normalized spacial score (nSPS) is 19.1. The summed E-state index contributed by atoms with van der Waals surface area (Å²) in [5.74, 6) is 0. The lowest BCUT2D eigenvalue weighted by molar-refractivity contribution is -0.137. The summed E-state index contributed by atoms with van der Waals surface area (Å²) in [7, 11) is 0. The predicted octanol–water partition coefficient (Wildman–Crippen LogP) is 4.43. The number of anilines is 1. The second kappa shape index (κ2) is 9.29. The average molecular weight is 430 g/mol. The highest BCUT2D eigenvalue weighted by atomic mass is 19.4. The molecule has 1 N–H and O–H groups in total. The highest BCUT2D eigenvalue weighted by Gasteiger charge is 2.36. The van der Waals surface area contributed by atoms with Gasteiger partial charge >= 0.3 is 12.2 Å². The van der Waals surface area contributed by atoms with Crippen molar-refractivity contribution in [2.75, 3.05) is 24.5 Å². The van der Waals surface area contributed by atoms with Crippen molar-refractivity contribution >= 4 is 11.7 Å². The van der Waals surface area contributed by atoms with Crippen LogP contribution in [0.5, 0.6) is 0 Å². The van der Waals surface area contributed by atoms with Crippen molar-refractivity contribution in [2.45, 2.75) is 38.5 Å². The summed E-state index contributed by atoms with van der Waals surface area (Å²) in [6.45, 7) is 5.05. The number of rotatable bonds is 4. The average Bonchev–Trinajstić information content (AvgIpc) is 2.74. The minimum Gasteiger partial charge on any atom is -0.365 e. The van der Waals surface area contributed by atoms with Crippen molar-refractivity contribution in [3.05, 3.63) is 65.2 Å². The Hall–Kier alpha value is -3.21. The first-order valence-electron chi connectivity index (χ1n) is 10.2. The Balaban J connectivity index is 1.66. The second-order valence-electron chi connectivity index (χ2n) is 7.81. The van der Waals surface area contributed by atoms with Gasteiger partial charge in [0.25, 0.3) is 0 Å². The van der Waals surface area contributed by atoms with Crippen LogP contribution in [0.2, 0.25) is 0 Å². The molecule has 2 atom stereocenters. The molecule has 1 fully saturated rings. The van der Waals surface area contributed by atoms with E-state index in [1.807, 2.05) is 49.1 Å². The van der Waals surface area contributed by atoms with Crippen LogP contribution in [0.4, 0.5) is 23.7 Å². The van der Waals surface area contributed by atoms with Gasteiger partial charge in [-0.05, 0) is 44.0 Å². The zero-order chi connectivity index (χ0) is 22.6. The number of carbonyl (C=O) groups excluding carboxylic acids is 1. The lowest BCUT2D eigenvalue weighted by Crippen LogP contribution is -2.60. The molecule has 164 valence electrons.